The number of carboxylic acid groups (broad SMARTS) is 1. The summed E-state index contributed by atoms with van der Waals surface area (Å²) in [5, 5.41) is 19.2. The highest BCUT2D eigenvalue weighted by molar-refractivity contribution is 5.76. The summed E-state index contributed by atoms with van der Waals surface area (Å²) in [5.41, 5.74) is 0. The molecule has 7 heteroatoms. The minimum Gasteiger partial charge on any atom is -0.481 e. The molecule has 7 nitrogen and oxygen atoms in total. The molecule has 0 aromatic carbocycles. The van der Waals surface area contributed by atoms with E-state index in [4.69, 9.17) is 9.84 Å². The second-order valence-electron chi connectivity index (χ2n) is 7.93. The second kappa shape index (κ2) is 19.3. The zero-order chi connectivity index (χ0) is 22.6. The molecular weight excluding hydrogens is 388 g/mol. The molecule has 0 aliphatic rings. The van der Waals surface area contributed by atoms with E-state index in [-0.39, 0.29) is 18.8 Å². The molecule has 30 heavy (non-hydrogen) atoms. The van der Waals surface area contributed by atoms with Crippen LogP contribution in [0.5, 0.6) is 0 Å². The third kappa shape index (κ3) is 17.2. The van der Waals surface area contributed by atoms with Crippen LogP contribution in [0.1, 0.15) is 110 Å². The highest BCUT2D eigenvalue weighted by atomic mass is 16.6. The molecule has 2 N–H and O–H groups in total. The van der Waals surface area contributed by atoms with Crippen molar-refractivity contribution in [2.75, 3.05) is 7.11 Å². The monoisotopic (exact) mass is 430 g/mol. The van der Waals surface area contributed by atoms with Crippen LogP contribution in [0.25, 0.3) is 0 Å². The van der Waals surface area contributed by atoms with Gasteiger partial charge in [-0.15, -0.1) is 0 Å². The molecule has 0 rings (SSSR count). The number of aliphatic carboxylic acids is 1. The molecule has 0 bridgehead atoms. The fourth-order valence-corrected chi connectivity index (χ4v) is 3.33. The topological polar surface area (TPSA) is 110 Å². The number of carbonyl (C=O) groups is 3. The SMILES string of the molecule is CCCCCCCCC(O)C(CCCCCCCC(=O)OC)OC(=O)CCC(=O)O. The fraction of sp³-hybridized carbons (Fsp3) is 0.870. The highest BCUT2D eigenvalue weighted by Gasteiger charge is 2.23. The quantitative estimate of drug-likeness (QED) is 0.211. The van der Waals surface area contributed by atoms with Crippen molar-refractivity contribution in [3.8, 4) is 0 Å². The number of rotatable bonds is 20. The number of esters is 2. The number of hydrogen-bond acceptors (Lipinski definition) is 6. The van der Waals surface area contributed by atoms with Gasteiger partial charge in [0, 0.05) is 6.42 Å². The molecular formula is C23H42O7. The summed E-state index contributed by atoms with van der Waals surface area (Å²) >= 11 is 0. The number of hydrogen-bond donors (Lipinski definition) is 2. The van der Waals surface area contributed by atoms with Crippen molar-refractivity contribution in [1.82, 2.24) is 0 Å². The van der Waals surface area contributed by atoms with Gasteiger partial charge in [0.25, 0.3) is 0 Å². The van der Waals surface area contributed by atoms with Crippen molar-refractivity contribution in [1.29, 1.82) is 0 Å². The molecule has 0 amide bonds. The average molecular weight is 431 g/mol. The van der Waals surface area contributed by atoms with Crippen molar-refractivity contribution in [3.63, 3.8) is 0 Å². The van der Waals surface area contributed by atoms with Crippen molar-refractivity contribution < 1.29 is 34.1 Å². The Balaban J connectivity index is 4.27. The van der Waals surface area contributed by atoms with Crippen molar-refractivity contribution in [2.45, 2.75) is 122 Å². The summed E-state index contributed by atoms with van der Waals surface area (Å²) in [6, 6.07) is 0. The van der Waals surface area contributed by atoms with E-state index in [9.17, 15) is 19.5 Å². The summed E-state index contributed by atoms with van der Waals surface area (Å²) in [6.07, 6.45) is 11.0. The van der Waals surface area contributed by atoms with Crippen LogP contribution in [-0.2, 0) is 23.9 Å². The minimum absolute atomic E-state index is 0.177. The van der Waals surface area contributed by atoms with Crippen LogP contribution in [0.4, 0.5) is 0 Å². The van der Waals surface area contributed by atoms with E-state index >= 15 is 0 Å². The molecule has 0 aromatic heterocycles. The van der Waals surface area contributed by atoms with E-state index in [0.717, 1.165) is 51.4 Å². The summed E-state index contributed by atoms with van der Waals surface area (Å²) in [7, 11) is 1.39. The fourth-order valence-electron chi connectivity index (χ4n) is 3.33. The molecule has 2 atom stereocenters. The smallest absolute Gasteiger partial charge is 0.306 e. The number of carbonyl (C=O) groups excluding carboxylic acids is 2. The van der Waals surface area contributed by atoms with Gasteiger partial charge >= 0.3 is 17.9 Å². The van der Waals surface area contributed by atoms with Crippen molar-refractivity contribution >= 4 is 17.9 Å². The Kier molecular flexibility index (Phi) is 18.3. The molecule has 0 aromatic rings. The van der Waals surface area contributed by atoms with Gasteiger partial charge in [0.1, 0.15) is 6.10 Å². The van der Waals surface area contributed by atoms with Gasteiger partial charge in [0.2, 0.25) is 0 Å². The summed E-state index contributed by atoms with van der Waals surface area (Å²) in [5.74, 6) is -1.80. The number of methoxy groups -OCH3 is 1. The maximum absolute atomic E-state index is 11.9. The molecule has 176 valence electrons. The predicted molar refractivity (Wildman–Crippen MR) is 115 cm³/mol. The van der Waals surface area contributed by atoms with E-state index in [1.165, 1.54) is 26.4 Å². The van der Waals surface area contributed by atoms with Crippen LogP contribution < -0.4 is 0 Å². The summed E-state index contributed by atoms with van der Waals surface area (Å²) in [4.78, 5) is 33.7. The van der Waals surface area contributed by atoms with Crippen molar-refractivity contribution in [2.24, 2.45) is 0 Å². The Hall–Kier alpha value is -1.63. The Morgan fingerprint density at radius 1 is 0.733 bits per heavy atom. The molecule has 0 radical (unpaired) electrons. The third-order valence-electron chi connectivity index (χ3n) is 5.21. The van der Waals surface area contributed by atoms with E-state index < -0.39 is 24.1 Å². The molecule has 0 aliphatic heterocycles. The Morgan fingerprint density at radius 2 is 1.30 bits per heavy atom. The lowest BCUT2D eigenvalue weighted by Crippen LogP contribution is -2.31. The normalized spacial score (nSPS) is 12.9. The highest BCUT2D eigenvalue weighted by Crippen LogP contribution is 2.18. The average Bonchev–Trinajstić information content (AvgIpc) is 2.72. The van der Waals surface area contributed by atoms with Crippen LogP contribution in [0, 0.1) is 0 Å². The molecule has 0 heterocycles. The lowest BCUT2D eigenvalue weighted by Gasteiger charge is -2.23. The van der Waals surface area contributed by atoms with Crippen LogP contribution >= 0.6 is 0 Å². The number of aliphatic hydroxyl groups excluding tert-OH is 1. The van der Waals surface area contributed by atoms with E-state index in [0.29, 0.717) is 19.3 Å². The molecule has 0 spiro atoms. The van der Waals surface area contributed by atoms with Gasteiger partial charge in [-0.2, -0.15) is 0 Å². The molecule has 0 fully saturated rings. The maximum Gasteiger partial charge on any atom is 0.306 e. The second-order valence-corrected chi connectivity index (χ2v) is 7.93. The van der Waals surface area contributed by atoms with Gasteiger partial charge in [-0.1, -0.05) is 64.7 Å². The number of unbranched alkanes of at least 4 members (excludes halogenated alkanes) is 9. The Bertz CT molecular complexity index is 464. The zero-order valence-corrected chi connectivity index (χ0v) is 18.9. The van der Waals surface area contributed by atoms with Crippen LogP contribution in [0.3, 0.4) is 0 Å². The van der Waals surface area contributed by atoms with Gasteiger partial charge in [-0.05, 0) is 25.7 Å². The standard InChI is InChI=1S/C23H42O7/c1-3-4-5-6-8-11-14-19(24)20(30-23(28)18-17-21(25)26)15-12-9-7-10-13-16-22(27)29-2/h19-20,24H,3-18H2,1-2H3,(H,25,26). The van der Waals surface area contributed by atoms with Gasteiger partial charge in [0.15, 0.2) is 0 Å². The maximum atomic E-state index is 11.9. The van der Waals surface area contributed by atoms with Gasteiger partial charge in [0.05, 0.1) is 26.1 Å². The van der Waals surface area contributed by atoms with Gasteiger partial charge in [-0.25, -0.2) is 0 Å². The molecule has 0 aliphatic carbocycles. The Labute approximate surface area is 181 Å². The number of carboxylic acids is 1. The lowest BCUT2D eigenvalue weighted by molar-refractivity contribution is -0.158. The summed E-state index contributed by atoms with van der Waals surface area (Å²) < 4.78 is 10.0. The van der Waals surface area contributed by atoms with Crippen molar-refractivity contribution in [3.05, 3.63) is 0 Å². The van der Waals surface area contributed by atoms with E-state index in [1.54, 1.807) is 0 Å². The van der Waals surface area contributed by atoms with Gasteiger partial charge < -0.3 is 19.7 Å². The largest absolute Gasteiger partial charge is 0.481 e. The molecule has 0 saturated heterocycles. The Morgan fingerprint density at radius 3 is 1.90 bits per heavy atom. The lowest BCUT2D eigenvalue weighted by atomic mass is 9.99. The van der Waals surface area contributed by atoms with Crippen LogP contribution in [0.2, 0.25) is 0 Å². The number of ether oxygens (including phenoxy) is 2. The first-order valence-electron chi connectivity index (χ1n) is 11.6. The minimum atomic E-state index is -1.04. The molecule has 0 saturated carbocycles. The van der Waals surface area contributed by atoms with Crippen LogP contribution in [-0.4, -0.2) is 47.4 Å². The first-order chi connectivity index (χ1) is 14.4. The first-order valence-corrected chi connectivity index (χ1v) is 11.6. The summed E-state index contributed by atoms with van der Waals surface area (Å²) in [6.45, 7) is 2.17. The van der Waals surface area contributed by atoms with E-state index in [1.807, 2.05) is 0 Å². The zero-order valence-electron chi connectivity index (χ0n) is 18.9. The van der Waals surface area contributed by atoms with E-state index in [2.05, 4.69) is 11.7 Å². The third-order valence-corrected chi connectivity index (χ3v) is 5.21. The van der Waals surface area contributed by atoms with Gasteiger partial charge in [-0.3, -0.25) is 14.4 Å². The number of aliphatic hydroxyl groups is 1. The van der Waals surface area contributed by atoms with Crippen LogP contribution in [0.15, 0.2) is 0 Å². The molecule has 2 unspecified atom stereocenters. The predicted octanol–water partition coefficient (Wildman–Crippen LogP) is 4.78. The first kappa shape index (κ1) is 28.4.